The average molecular weight is 253 g/mol. The van der Waals surface area contributed by atoms with Gasteiger partial charge in [-0.25, -0.2) is 4.39 Å². The Morgan fingerprint density at radius 1 is 1.44 bits per heavy atom. The first-order valence-electron chi connectivity index (χ1n) is 6.21. The van der Waals surface area contributed by atoms with Gasteiger partial charge < -0.3 is 10.4 Å². The number of halogens is 1. The summed E-state index contributed by atoms with van der Waals surface area (Å²) in [5.74, 6) is -0.830. The van der Waals surface area contributed by atoms with Gasteiger partial charge in [-0.05, 0) is 44.4 Å². The molecule has 2 unspecified atom stereocenters. The Balaban J connectivity index is 2.56. The fourth-order valence-electron chi connectivity index (χ4n) is 1.76. The van der Waals surface area contributed by atoms with Gasteiger partial charge >= 0.3 is 0 Å². The quantitative estimate of drug-likeness (QED) is 0.816. The highest BCUT2D eigenvalue weighted by molar-refractivity contribution is 5.83. The first kappa shape index (κ1) is 14.6. The lowest BCUT2D eigenvalue weighted by atomic mass is 9.99. The topological polar surface area (TPSA) is 49.3 Å². The van der Waals surface area contributed by atoms with Crippen molar-refractivity contribution in [1.82, 2.24) is 5.32 Å². The van der Waals surface area contributed by atoms with Crippen molar-refractivity contribution in [2.75, 3.05) is 6.61 Å². The fraction of sp³-hybridized carbons (Fsp3) is 0.500. The third-order valence-electron chi connectivity index (χ3n) is 2.93. The fourth-order valence-corrected chi connectivity index (χ4v) is 1.76. The molecule has 0 aliphatic carbocycles. The smallest absolute Gasteiger partial charge is 0.227 e. The Kier molecular flexibility index (Phi) is 5.78. The zero-order valence-corrected chi connectivity index (χ0v) is 10.8. The maximum Gasteiger partial charge on any atom is 0.227 e. The molecule has 0 aliphatic heterocycles. The molecule has 3 nitrogen and oxygen atoms in total. The van der Waals surface area contributed by atoms with Crippen LogP contribution < -0.4 is 5.32 Å². The van der Waals surface area contributed by atoms with Crippen LogP contribution in [0.3, 0.4) is 0 Å². The molecule has 2 atom stereocenters. The van der Waals surface area contributed by atoms with Gasteiger partial charge in [0, 0.05) is 12.6 Å². The van der Waals surface area contributed by atoms with E-state index in [1.807, 2.05) is 6.92 Å². The van der Waals surface area contributed by atoms with Crippen LogP contribution in [-0.4, -0.2) is 23.7 Å². The Bertz CT molecular complexity index is 395. The van der Waals surface area contributed by atoms with Crippen LogP contribution in [0.25, 0.3) is 0 Å². The number of amides is 1. The summed E-state index contributed by atoms with van der Waals surface area (Å²) in [6.07, 6.45) is 1.40. The van der Waals surface area contributed by atoms with E-state index in [9.17, 15) is 9.18 Å². The van der Waals surface area contributed by atoms with Crippen molar-refractivity contribution in [2.24, 2.45) is 0 Å². The van der Waals surface area contributed by atoms with Gasteiger partial charge in [-0.1, -0.05) is 12.1 Å². The largest absolute Gasteiger partial charge is 0.396 e. The van der Waals surface area contributed by atoms with Crippen molar-refractivity contribution >= 4 is 5.91 Å². The van der Waals surface area contributed by atoms with Crippen LogP contribution in [0.2, 0.25) is 0 Å². The van der Waals surface area contributed by atoms with Gasteiger partial charge in [0.1, 0.15) is 5.82 Å². The summed E-state index contributed by atoms with van der Waals surface area (Å²) in [4.78, 5) is 11.9. The summed E-state index contributed by atoms with van der Waals surface area (Å²) < 4.78 is 13.1. The maximum absolute atomic E-state index is 13.1. The van der Waals surface area contributed by atoms with Gasteiger partial charge in [0.25, 0.3) is 0 Å². The molecule has 18 heavy (non-hydrogen) atoms. The number of benzene rings is 1. The van der Waals surface area contributed by atoms with Crippen LogP contribution in [-0.2, 0) is 4.79 Å². The predicted octanol–water partition coefficient (Wildman–Crippen LogP) is 2.21. The number of hydrogen-bond acceptors (Lipinski definition) is 2. The van der Waals surface area contributed by atoms with Crippen LogP contribution >= 0.6 is 0 Å². The number of aliphatic hydroxyl groups excluding tert-OH is 1. The van der Waals surface area contributed by atoms with Gasteiger partial charge in [0.05, 0.1) is 5.92 Å². The molecule has 0 fully saturated rings. The minimum Gasteiger partial charge on any atom is -0.396 e. The lowest BCUT2D eigenvalue weighted by Gasteiger charge is -2.17. The van der Waals surface area contributed by atoms with Gasteiger partial charge in [-0.15, -0.1) is 0 Å². The Hall–Kier alpha value is -1.42. The Morgan fingerprint density at radius 3 is 2.78 bits per heavy atom. The normalized spacial score (nSPS) is 14.0. The molecule has 1 amide bonds. The first-order valence-corrected chi connectivity index (χ1v) is 6.21. The summed E-state index contributed by atoms with van der Waals surface area (Å²) >= 11 is 0. The number of hydrogen-bond donors (Lipinski definition) is 2. The lowest BCUT2D eigenvalue weighted by molar-refractivity contribution is -0.122. The van der Waals surface area contributed by atoms with Crippen LogP contribution in [0.5, 0.6) is 0 Å². The summed E-state index contributed by atoms with van der Waals surface area (Å²) in [6.45, 7) is 3.77. The zero-order valence-electron chi connectivity index (χ0n) is 10.8. The van der Waals surface area contributed by atoms with E-state index in [2.05, 4.69) is 5.32 Å². The van der Waals surface area contributed by atoms with Crippen LogP contribution in [0.15, 0.2) is 24.3 Å². The van der Waals surface area contributed by atoms with Gasteiger partial charge in [-0.2, -0.15) is 0 Å². The first-order chi connectivity index (χ1) is 8.54. The molecule has 1 rings (SSSR count). The monoisotopic (exact) mass is 253 g/mol. The number of aliphatic hydroxyl groups is 1. The Morgan fingerprint density at radius 2 is 2.17 bits per heavy atom. The third kappa shape index (κ3) is 4.45. The molecular formula is C14H20FNO2. The second-order valence-electron chi connectivity index (χ2n) is 4.55. The van der Waals surface area contributed by atoms with E-state index >= 15 is 0 Å². The van der Waals surface area contributed by atoms with Gasteiger partial charge in [0.2, 0.25) is 5.91 Å². The van der Waals surface area contributed by atoms with Crippen LogP contribution in [0, 0.1) is 5.82 Å². The zero-order chi connectivity index (χ0) is 13.5. The van der Waals surface area contributed by atoms with Crippen LogP contribution in [0.4, 0.5) is 4.39 Å². The van der Waals surface area contributed by atoms with E-state index in [0.29, 0.717) is 12.0 Å². The highest BCUT2D eigenvalue weighted by Gasteiger charge is 2.17. The van der Waals surface area contributed by atoms with Crippen molar-refractivity contribution in [3.05, 3.63) is 35.6 Å². The summed E-state index contributed by atoms with van der Waals surface area (Å²) in [5.41, 5.74) is 0.668. The molecule has 0 bridgehead atoms. The van der Waals surface area contributed by atoms with E-state index in [1.165, 1.54) is 12.1 Å². The number of carbonyl (C=O) groups is 1. The van der Waals surface area contributed by atoms with Crippen molar-refractivity contribution in [1.29, 1.82) is 0 Å². The number of nitrogens with one attached hydrogen (secondary N) is 1. The number of carbonyl (C=O) groups excluding carboxylic acids is 1. The highest BCUT2D eigenvalue weighted by atomic mass is 19.1. The lowest BCUT2D eigenvalue weighted by Crippen LogP contribution is -2.35. The SMILES string of the molecule is CC(CCCO)NC(=O)C(C)c1cccc(F)c1. The molecular weight excluding hydrogens is 233 g/mol. The molecule has 1 aromatic carbocycles. The molecule has 0 saturated carbocycles. The summed E-state index contributed by atoms with van der Waals surface area (Å²) in [5, 5.41) is 11.6. The van der Waals surface area contributed by atoms with E-state index in [-0.39, 0.29) is 30.3 Å². The second-order valence-corrected chi connectivity index (χ2v) is 4.55. The minimum absolute atomic E-state index is 0.0145. The molecule has 0 saturated heterocycles. The molecule has 0 heterocycles. The standard InChI is InChI=1S/C14H20FNO2/c1-10(5-4-8-17)16-14(18)11(2)12-6-3-7-13(15)9-12/h3,6-7,9-11,17H,4-5,8H2,1-2H3,(H,16,18). The summed E-state index contributed by atoms with van der Waals surface area (Å²) in [7, 11) is 0. The Labute approximate surface area is 107 Å². The van der Waals surface area contributed by atoms with Crippen molar-refractivity contribution in [2.45, 2.75) is 38.6 Å². The van der Waals surface area contributed by atoms with Gasteiger partial charge in [-0.3, -0.25) is 4.79 Å². The molecule has 0 spiro atoms. The molecule has 0 radical (unpaired) electrons. The van der Waals surface area contributed by atoms with Crippen molar-refractivity contribution < 1.29 is 14.3 Å². The minimum atomic E-state index is -0.378. The second kappa shape index (κ2) is 7.11. The molecule has 0 aliphatic rings. The highest BCUT2D eigenvalue weighted by Crippen LogP contribution is 2.16. The van der Waals surface area contributed by atoms with E-state index in [0.717, 1.165) is 6.42 Å². The maximum atomic E-state index is 13.1. The van der Waals surface area contributed by atoms with E-state index in [1.54, 1.807) is 19.1 Å². The molecule has 100 valence electrons. The van der Waals surface area contributed by atoms with Crippen LogP contribution in [0.1, 0.15) is 38.2 Å². The third-order valence-corrected chi connectivity index (χ3v) is 2.93. The van der Waals surface area contributed by atoms with E-state index in [4.69, 9.17) is 5.11 Å². The molecule has 0 aromatic heterocycles. The average Bonchev–Trinajstić information content (AvgIpc) is 2.35. The van der Waals surface area contributed by atoms with Crippen molar-refractivity contribution in [3.8, 4) is 0 Å². The molecule has 2 N–H and O–H groups in total. The number of rotatable bonds is 6. The molecule has 4 heteroatoms. The molecule has 1 aromatic rings. The predicted molar refractivity (Wildman–Crippen MR) is 68.7 cm³/mol. The van der Waals surface area contributed by atoms with E-state index < -0.39 is 0 Å². The van der Waals surface area contributed by atoms with Gasteiger partial charge in [0.15, 0.2) is 0 Å². The summed E-state index contributed by atoms with van der Waals surface area (Å²) in [6, 6.07) is 6.09. The van der Waals surface area contributed by atoms with Crippen molar-refractivity contribution in [3.63, 3.8) is 0 Å².